The van der Waals surface area contributed by atoms with E-state index < -0.39 is 12.3 Å². The molecule has 1 aromatic carbocycles. The highest BCUT2D eigenvalue weighted by Gasteiger charge is 2.17. The van der Waals surface area contributed by atoms with E-state index in [0.29, 0.717) is 22.2 Å². The average Bonchev–Trinajstić information content (AvgIpc) is 3.15. The molecule has 0 spiro atoms. The predicted molar refractivity (Wildman–Crippen MR) is 110 cm³/mol. The van der Waals surface area contributed by atoms with Crippen LogP contribution < -0.4 is 4.31 Å². The van der Waals surface area contributed by atoms with Crippen molar-refractivity contribution in [2.75, 3.05) is 10.1 Å². The van der Waals surface area contributed by atoms with Crippen LogP contribution in [0.1, 0.15) is 24.9 Å². The van der Waals surface area contributed by atoms with Gasteiger partial charge in [-0.3, -0.25) is 4.98 Å². The molecule has 0 aliphatic rings. The molecule has 0 aliphatic heterocycles. The van der Waals surface area contributed by atoms with Crippen LogP contribution >= 0.6 is 33.9 Å². The standard InChI is InChI=1S/C18H16Cl2F2N4OS/c1-3-28(2)26(15-7-12(19)6-13(20)8-15)10-14-5-4-11(9-23-14)17-24-25-18(27-17)16(21)22/h4-9,16H,2-3,10H2,1H3. The van der Waals surface area contributed by atoms with Gasteiger partial charge in [-0.25, -0.2) is 0 Å². The first-order valence-corrected chi connectivity index (χ1v) is 10.5. The van der Waals surface area contributed by atoms with Crippen molar-refractivity contribution in [2.24, 2.45) is 0 Å². The summed E-state index contributed by atoms with van der Waals surface area (Å²) in [7, 11) is -0.324. The molecule has 1 atom stereocenters. The summed E-state index contributed by atoms with van der Waals surface area (Å²) in [5, 5.41) is 8.01. The summed E-state index contributed by atoms with van der Waals surface area (Å²) in [4.78, 5) is 4.39. The Morgan fingerprint density at radius 1 is 1.18 bits per heavy atom. The fourth-order valence-corrected chi connectivity index (χ4v) is 3.95. The normalized spacial score (nSPS) is 12.4. The smallest absolute Gasteiger partial charge is 0.314 e. The molecule has 5 nitrogen and oxygen atoms in total. The third kappa shape index (κ3) is 4.87. The second-order valence-electron chi connectivity index (χ2n) is 5.70. The maximum atomic E-state index is 12.6. The Morgan fingerprint density at radius 2 is 1.89 bits per heavy atom. The van der Waals surface area contributed by atoms with E-state index in [1.165, 1.54) is 6.20 Å². The number of hydrogen-bond donors (Lipinski definition) is 0. The molecular formula is C18H16Cl2F2N4OS. The van der Waals surface area contributed by atoms with Crippen molar-refractivity contribution in [3.8, 4) is 11.5 Å². The molecule has 2 heterocycles. The van der Waals surface area contributed by atoms with Crippen molar-refractivity contribution in [3.05, 3.63) is 58.2 Å². The number of benzene rings is 1. The zero-order chi connectivity index (χ0) is 20.3. The molecule has 0 saturated carbocycles. The number of pyridine rings is 1. The fourth-order valence-electron chi connectivity index (χ4n) is 2.40. The third-order valence-corrected chi connectivity index (χ3v) is 5.85. The molecule has 148 valence electrons. The van der Waals surface area contributed by atoms with Gasteiger partial charge in [-0.05, 0) is 30.3 Å². The van der Waals surface area contributed by atoms with Gasteiger partial charge in [0.2, 0.25) is 5.89 Å². The molecule has 0 radical (unpaired) electrons. The molecule has 0 saturated heterocycles. The zero-order valence-electron chi connectivity index (χ0n) is 14.8. The van der Waals surface area contributed by atoms with Gasteiger partial charge in [-0.15, -0.1) is 20.9 Å². The summed E-state index contributed by atoms with van der Waals surface area (Å²) in [6, 6.07) is 8.79. The van der Waals surface area contributed by atoms with Crippen LogP contribution in [0.4, 0.5) is 14.5 Å². The topological polar surface area (TPSA) is 55.1 Å². The minimum atomic E-state index is -2.81. The van der Waals surface area contributed by atoms with Gasteiger partial charge in [0.25, 0.3) is 5.89 Å². The van der Waals surface area contributed by atoms with E-state index in [1.807, 2.05) is 19.1 Å². The minimum Gasteiger partial charge on any atom is -0.415 e. The molecule has 0 amide bonds. The van der Waals surface area contributed by atoms with Crippen LogP contribution in [0.15, 0.2) is 40.9 Å². The van der Waals surface area contributed by atoms with Crippen molar-refractivity contribution in [1.82, 2.24) is 15.2 Å². The third-order valence-electron chi connectivity index (χ3n) is 3.78. The van der Waals surface area contributed by atoms with Gasteiger partial charge in [0.05, 0.1) is 17.8 Å². The largest absolute Gasteiger partial charge is 0.415 e. The lowest BCUT2D eigenvalue weighted by Crippen LogP contribution is -2.17. The van der Waals surface area contributed by atoms with E-state index >= 15 is 0 Å². The lowest BCUT2D eigenvalue weighted by Gasteiger charge is -2.27. The summed E-state index contributed by atoms with van der Waals surface area (Å²) in [6.45, 7) is 2.52. The average molecular weight is 445 g/mol. The summed E-state index contributed by atoms with van der Waals surface area (Å²) in [5.41, 5.74) is 2.06. The van der Waals surface area contributed by atoms with E-state index in [4.69, 9.17) is 27.6 Å². The minimum absolute atomic E-state index is 0.00158. The van der Waals surface area contributed by atoms with Gasteiger partial charge in [0.1, 0.15) is 0 Å². The molecule has 2 aromatic heterocycles. The Kier molecular flexibility index (Phi) is 6.64. The Hall–Kier alpha value is -2.03. The van der Waals surface area contributed by atoms with Crippen LogP contribution in [-0.2, 0) is 6.54 Å². The lowest BCUT2D eigenvalue weighted by atomic mass is 10.2. The molecule has 0 bridgehead atoms. The van der Waals surface area contributed by atoms with E-state index in [0.717, 1.165) is 17.1 Å². The fraction of sp³-hybridized carbons (Fsp3) is 0.222. The number of alkyl halides is 2. The van der Waals surface area contributed by atoms with Crippen LogP contribution in [0.2, 0.25) is 10.0 Å². The van der Waals surface area contributed by atoms with E-state index in [9.17, 15) is 8.78 Å². The Balaban J connectivity index is 1.84. The Morgan fingerprint density at radius 3 is 2.43 bits per heavy atom. The molecule has 0 N–H and O–H groups in total. The number of anilines is 1. The van der Waals surface area contributed by atoms with Crippen molar-refractivity contribution in [2.45, 2.75) is 19.9 Å². The zero-order valence-corrected chi connectivity index (χ0v) is 17.1. The maximum absolute atomic E-state index is 12.6. The van der Waals surface area contributed by atoms with Crippen LogP contribution in [0.25, 0.3) is 11.5 Å². The highest BCUT2D eigenvalue weighted by Crippen LogP contribution is 2.33. The summed E-state index contributed by atoms with van der Waals surface area (Å²) >= 11 is 12.3. The molecular weight excluding hydrogens is 429 g/mol. The molecule has 0 aliphatic carbocycles. The lowest BCUT2D eigenvalue weighted by molar-refractivity contribution is 0.116. The number of halogens is 4. The quantitative estimate of drug-likeness (QED) is 0.417. The molecule has 0 fully saturated rings. The Bertz CT molecular complexity index is 962. The Labute approximate surface area is 173 Å². The molecule has 3 rings (SSSR count). The first-order valence-electron chi connectivity index (χ1n) is 8.18. The van der Waals surface area contributed by atoms with Crippen molar-refractivity contribution in [3.63, 3.8) is 0 Å². The van der Waals surface area contributed by atoms with Gasteiger partial charge >= 0.3 is 6.43 Å². The highest BCUT2D eigenvalue weighted by atomic mass is 35.5. The van der Waals surface area contributed by atoms with Crippen LogP contribution in [0.5, 0.6) is 0 Å². The number of aromatic nitrogens is 3. The first-order chi connectivity index (χ1) is 13.4. The predicted octanol–water partition coefficient (Wildman–Crippen LogP) is 6.02. The van der Waals surface area contributed by atoms with Gasteiger partial charge < -0.3 is 8.72 Å². The summed E-state index contributed by atoms with van der Waals surface area (Å²) in [5.74, 6) is 4.33. The van der Waals surface area contributed by atoms with E-state index in [-0.39, 0.29) is 16.6 Å². The summed E-state index contributed by atoms with van der Waals surface area (Å²) in [6.07, 6.45) is -1.30. The highest BCUT2D eigenvalue weighted by molar-refractivity contribution is 8.15. The maximum Gasteiger partial charge on any atom is 0.314 e. The van der Waals surface area contributed by atoms with Gasteiger partial charge in [-0.1, -0.05) is 36.0 Å². The number of nitrogens with zero attached hydrogens (tertiary/aromatic N) is 4. The van der Waals surface area contributed by atoms with Crippen LogP contribution in [0, 0.1) is 0 Å². The monoisotopic (exact) mass is 444 g/mol. The molecule has 28 heavy (non-hydrogen) atoms. The van der Waals surface area contributed by atoms with E-state index in [2.05, 4.69) is 25.4 Å². The van der Waals surface area contributed by atoms with Gasteiger partial charge in [0, 0.05) is 27.7 Å². The van der Waals surface area contributed by atoms with Gasteiger partial charge in [0.15, 0.2) is 0 Å². The van der Waals surface area contributed by atoms with Gasteiger partial charge in [-0.2, -0.15) is 8.78 Å². The van der Waals surface area contributed by atoms with Crippen molar-refractivity contribution < 1.29 is 13.2 Å². The number of rotatable bonds is 7. The molecule has 10 heteroatoms. The number of hydrogen-bond acceptors (Lipinski definition) is 5. The molecule has 3 aromatic rings. The SMILES string of the molecule is C=S(CC)N(Cc1ccc(-c2nnc(C(F)F)o2)cn1)c1cc(Cl)cc(Cl)c1. The second kappa shape index (κ2) is 8.98. The van der Waals surface area contributed by atoms with Crippen LogP contribution in [0.3, 0.4) is 0 Å². The van der Waals surface area contributed by atoms with Crippen LogP contribution in [-0.4, -0.2) is 26.8 Å². The summed E-state index contributed by atoms with van der Waals surface area (Å²) < 4.78 is 32.2. The van der Waals surface area contributed by atoms with Crippen molar-refractivity contribution in [1.29, 1.82) is 0 Å². The van der Waals surface area contributed by atoms with E-state index in [1.54, 1.807) is 18.2 Å². The molecule has 1 unspecified atom stereocenters. The van der Waals surface area contributed by atoms with Crippen molar-refractivity contribution >= 4 is 45.4 Å². The second-order valence-corrected chi connectivity index (χ2v) is 8.52. The first kappa shape index (κ1) is 20.7.